The quantitative estimate of drug-likeness (QED) is 0.503. The molecule has 0 amide bonds. The molecule has 2 N–H and O–H groups in total. The van der Waals surface area contributed by atoms with Crippen molar-refractivity contribution in [1.82, 2.24) is 0 Å². The van der Waals surface area contributed by atoms with Gasteiger partial charge in [0, 0.05) is 10.7 Å². The minimum absolute atomic E-state index is 0.216. The van der Waals surface area contributed by atoms with Crippen molar-refractivity contribution in [2.45, 2.75) is 20.8 Å². The number of ether oxygens (including phenoxy) is 2. The fraction of sp³-hybridized carbons (Fsp3) is 0.278. The molecule has 0 fully saturated rings. The predicted molar refractivity (Wildman–Crippen MR) is 112 cm³/mol. The molecule has 0 atom stereocenters. The third-order valence-corrected chi connectivity index (χ3v) is 5.02. The van der Waals surface area contributed by atoms with Gasteiger partial charge in [-0.15, -0.1) is 11.3 Å². The zero-order valence-electron chi connectivity index (χ0n) is 15.1. The number of carbonyl (C=O) groups excluding carboxylic acids is 2. The van der Waals surface area contributed by atoms with Gasteiger partial charge in [0.2, 0.25) is 0 Å². The molecule has 27 heavy (non-hydrogen) atoms. The van der Waals surface area contributed by atoms with E-state index in [1.807, 2.05) is 0 Å². The Bertz CT molecular complexity index is 867. The molecule has 1 aromatic heterocycles. The van der Waals surface area contributed by atoms with Gasteiger partial charge in [0.15, 0.2) is 5.11 Å². The second kappa shape index (κ2) is 9.68. The van der Waals surface area contributed by atoms with Crippen molar-refractivity contribution in [2.24, 2.45) is 0 Å². The van der Waals surface area contributed by atoms with E-state index in [0.29, 0.717) is 26.2 Å². The fourth-order valence-corrected chi connectivity index (χ4v) is 3.84. The number of anilines is 2. The molecule has 1 heterocycles. The summed E-state index contributed by atoms with van der Waals surface area (Å²) in [6.07, 6.45) is 0. The Kier molecular flexibility index (Phi) is 7.58. The second-order valence-electron chi connectivity index (χ2n) is 5.29. The van der Waals surface area contributed by atoms with Crippen LogP contribution < -0.4 is 10.6 Å². The van der Waals surface area contributed by atoms with Crippen LogP contribution in [0.25, 0.3) is 0 Å². The number of thiophene rings is 1. The number of thiocarbonyl (C=S) groups is 1. The lowest BCUT2D eigenvalue weighted by Gasteiger charge is -2.11. The van der Waals surface area contributed by atoms with E-state index in [1.54, 1.807) is 45.0 Å². The molecule has 0 saturated carbocycles. The maximum Gasteiger partial charge on any atom is 0.348 e. The van der Waals surface area contributed by atoms with Gasteiger partial charge in [-0.1, -0.05) is 17.7 Å². The van der Waals surface area contributed by atoms with Crippen LogP contribution in [0.2, 0.25) is 5.02 Å². The highest BCUT2D eigenvalue weighted by Gasteiger charge is 2.26. The molecular weight excluding hydrogens is 408 g/mol. The third kappa shape index (κ3) is 5.41. The maximum absolute atomic E-state index is 12.4. The first-order valence-electron chi connectivity index (χ1n) is 8.18. The summed E-state index contributed by atoms with van der Waals surface area (Å²) in [5.41, 5.74) is 1.45. The highest BCUT2D eigenvalue weighted by atomic mass is 35.5. The molecule has 0 radical (unpaired) electrons. The van der Waals surface area contributed by atoms with E-state index < -0.39 is 11.9 Å². The highest BCUT2D eigenvalue weighted by molar-refractivity contribution is 7.80. The Morgan fingerprint density at radius 1 is 1.15 bits per heavy atom. The van der Waals surface area contributed by atoms with Gasteiger partial charge in [-0.05, 0) is 56.8 Å². The molecule has 2 aromatic rings. The minimum atomic E-state index is -0.533. The Labute approximate surface area is 171 Å². The molecule has 0 saturated heterocycles. The van der Waals surface area contributed by atoms with E-state index in [0.717, 1.165) is 11.3 Å². The molecule has 1 aromatic carbocycles. The normalized spacial score (nSPS) is 10.2. The van der Waals surface area contributed by atoms with Crippen LogP contribution >= 0.6 is 35.2 Å². The largest absolute Gasteiger partial charge is 0.462 e. The Hall–Kier alpha value is -2.16. The van der Waals surface area contributed by atoms with E-state index in [1.165, 1.54) is 0 Å². The molecule has 0 aliphatic rings. The summed E-state index contributed by atoms with van der Waals surface area (Å²) >= 11 is 12.4. The fourth-order valence-electron chi connectivity index (χ4n) is 2.27. The van der Waals surface area contributed by atoms with Gasteiger partial charge >= 0.3 is 11.9 Å². The summed E-state index contributed by atoms with van der Waals surface area (Å²) in [6, 6.07) is 7.04. The van der Waals surface area contributed by atoms with Crippen LogP contribution in [0.4, 0.5) is 10.7 Å². The molecule has 0 spiro atoms. The average molecular weight is 427 g/mol. The van der Waals surface area contributed by atoms with Crippen LogP contribution in [0.15, 0.2) is 24.3 Å². The number of nitrogens with one attached hydrogen (secondary N) is 2. The van der Waals surface area contributed by atoms with Crippen molar-refractivity contribution in [3.8, 4) is 0 Å². The smallest absolute Gasteiger partial charge is 0.348 e. The standard InChI is InChI=1S/C18H19ClN2O4S2/c1-4-24-16(22)13-10(3)14(17(23)25-5-2)27-15(13)21-18(26)20-12-8-6-7-11(19)9-12/h6-9H,4-5H2,1-3H3,(H2,20,21,26). The minimum Gasteiger partial charge on any atom is -0.462 e. The van der Waals surface area contributed by atoms with Gasteiger partial charge in [0.05, 0.1) is 18.8 Å². The first-order valence-corrected chi connectivity index (χ1v) is 9.78. The predicted octanol–water partition coefficient (Wildman–Crippen LogP) is 4.87. The number of rotatable bonds is 6. The molecule has 0 aliphatic carbocycles. The Morgan fingerprint density at radius 3 is 2.44 bits per heavy atom. The second-order valence-corrected chi connectivity index (χ2v) is 7.16. The zero-order valence-corrected chi connectivity index (χ0v) is 17.4. The number of hydrogen-bond acceptors (Lipinski definition) is 6. The summed E-state index contributed by atoms with van der Waals surface area (Å²) < 4.78 is 10.2. The van der Waals surface area contributed by atoms with Crippen LogP contribution in [0.1, 0.15) is 39.4 Å². The molecule has 144 valence electrons. The number of hydrogen-bond donors (Lipinski definition) is 2. The van der Waals surface area contributed by atoms with Gasteiger partial charge in [-0.2, -0.15) is 0 Å². The Morgan fingerprint density at radius 2 is 1.81 bits per heavy atom. The van der Waals surface area contributed by atoms with Gasteiger partial charge < -0.3 is 20.1 Å². The summed E-state index contributed by atoms with van der Waals surface area (Å²) in [6.45, 7) is 5.56. The highest BCUT2D eigenvalue weighted by Crippen LogP contribution is 2.34. The van der Waals surface area contributed by atoms with E-state index in [4.69, 9.17) is 33.3 Å². The number of esters is 2. The lowest BCUT2D eigenvalue weighted by molar-refractivity contribution is 0.0527. The van der Waals surface area contributed by atoms with E-state index >= 15 is 0 Å². The lowest BCUT2D eigenvalue weighted by atomic mass is 10.1. The Balaban J connectivity index is 2.30. The number of carbonyl (C=O) groups is 2. The maximum atomic E-state index is 12.4. The summed E-state index contributed by atoms with van der Waals surface area (Å²) in [5, 5.41) is 7.17. The zero-order chi connectivity index (χ0) is 20.0. The molecular formula is C18H19ClN2O4S2. The average Bonchev–Trinajstić information content (AvgIpc) is 2.91. The van der Waals surface area contributed by atoms with Crippen LogP contribution in [-0.4, -0.2) is 30.3 Å². The lowest BCUT2D eigenvalue weighted by Crippen LogP contribution is -2.20. The number of benzene rings is 1. The van der Waals surface area contributed by atoms with Gasteiger partial charge in [-0.25, -0.2) is 9.59 Å². The monoisotopic (exact) mass is 426 g/mol. The van der Waals surface area contributed by atoms with Gasteiger partial charge in [0.25, 0.3) is 0 Å². The third-order valence-electron chi connectivity index (χ3n) is 3.40. The van der Waals surface area contributed by atoms with Crippen LogP contribution in [0.5, 0.6) is 0 Å². The van der Waals surface area contributed by atoms with Crippen molar-refractivity contribution >= 4 is 62.9 Å². The van der Waals surface area contributed by atoms with Crippen molar-refractivity contribution in [1.29, 1.82) is 0 Å². The summed E-state index contributed by atoms with van der Waals surface area (Å²) in [5.74, 6) is -1.03. The summed E-state index contributed by atoms with van der Waals surface area (Å²) in [4.78, 5) is 24.9. The molecule has 6 nitrogen and oxygen atoms in total. The van der Waals surface area contributed by atoms with Crippen molar-refractivity contribution < 1.29 is 19.1 Å². The molecule has 0 aliphatic heterocycles. The number of halogens is 1. The van der Waals surface area contributed by atoms with E-state index in [2.05, 4.69) is 10.6 Å². The molecule has 2 rings (SSSR count). The van der Waals surface area contributed by atoms with E-state index in [9.17, 15) is 9.59 Å². The van der Waals surface area contributed by atoms with Gasteiger partial charge in [0.1, 0.15) is 9.88 Å². The molecule has 9 heteroatoms. The SMILES string of the molecule is CCOC(=O)c1sc(NC(=S)Nc2cccc(Cl)c2)c(C(=O)OCC)c1C. The first kappa shape index (κ1) is 21.1. The molecule has 0 bridgehead atoms. The van der Waals surface area contributed by atoms with E-state index in [-0.39, 0.29) is 23.9 Å². The van der Waals surface area contributed by atoms with Crippen molar-refractivity contribution in [3.05, 3.63) is 45.3 Å². The van der Waals surface area contributed by atoms with Gasteiger partial charge in [-0.3, -0.25) is 0 Å². The first-order chi connectivity index (χ1) is 12.9. The summed E-state index contributed by atoms with van der Waals surface area (Å²) in [7, 11) is 0. The van der Waals surface area contributed by atoms with Crippen molar-refractivity contribution in [3.63, 3.8) is 0 Å². The topological polar surface area (TPSA) is 76.7 Å². The van der Waals surface area contributed by atoms with Crippen LogP contribution in [-0.2, 0) is 9.47 Å². The van der Waals surface area contributed by atoms with Crippen molar-refractivity contribution in [2.75, 3.05) is 23.8 Å². The van der Waals surface area contributed by atoms with Crippen LogP contribution in [0.3, 0.4) is 0 Å². The molecule has 0 unspecified atom stereocenters. The van der Waals surface area contributed by atoms with Crippen LogP contribution in [0, 0.1) is 6.92 Å².